The Morgan fingerprint density at radius 2 is 2.44 bits per heavy atom. The summed E-state index contributed by atoms with van der Waals surface area (Å²) in [6.07, 6.45) is -0.0441. The SMILES string of the molecule is [2H]C([3H])OC[C@H]1O[C@@H](n2cc3c(nc2=O)Nc2c(OCCCNC(=C)C)cccc2O3)C[C@H]1O. The van der Waals surface area contributed by atoms with Gasteiger partial charge in [-0.05, 0) is 25.5 Å². The number of anilines is 2. The van der Waals surface area contributed by atoms with E-state index in [1.807, 2.05) is 19.1 Å². The molecule has 10 heteroatoms. The summed E-state index contributed by atoms with van der Waals surface area (Å²) in [7, 11) is -1.48. The number of nitrogens with one attached hydrogen (secondary N) is 2. The maximum Gasteiger partial charge on any atom is 0.351 e. The van der Waals surface area contributed by atoms with Crippen LogP contribution in [0.1, 0.15) is 28.7 Å². The number of aliphatic hydroxyl groups excluding tert-OH is 1. The van der Waals surface area contributed by atoms with Gasteiger partial charge in [-0.3, -0.25) is 4.57 Å². The second-order valence-electron chi connectivity index (χ2n) is 7.67. The Bertz CT molecular complexity index is 1100. The van der Waals surface area contributed by atoms with Crippen molar-refractivity contribution in [2.45, 2.75) is 38.2 Å². The minimum absolute atomic E-state index is 0.125. The molecule has 2 aliphatic heterocycles. The van der Waals surface area contributed by atoms with Crippen molar-refractivity contribution in [3.8, 4) is 17.2 Å². The topological polar surface area (TPSA) is 116 Å². The van der Waals surface area contributed by atoms with E-state index in [4.69, 9.17) is 21.7 Å². The highest BCUT2D eigenvalue weighted by Crippen LogP contribution is 2.45. The summed E-state index contributed by atoms with van der Waals surface area (Å²) in [5, 5.41) is 16.5. The summed E-state index contributed by atoms with van der Waals surface area (Å²) >= 11 is 0. The van der Waals surface area contributed by atoms with Gasteiger partial charge in [0.25, 0.3) is 0 Å². The van der Waals surface area contributed by atoms with Crippen molar-refractivity contribution in [2.24, 2.45) is 0 Å². The van der Waals surface area contributed by atoms with Gasteiger partial charge in [0.15, 0.2) is 17.3 Å². The van der Waals surface area contributed by atoms with Crippen LogP contribution >= 0.6 is 0 Å². The van der Waals surface area contributed by atoms with E-state index >= 15 is 0 Å². The van der Waals surface area contributed by atoms with Gasteiger partial charge in [0.1, 0.15) is 23.8 Å². The Balaban J connectivity index is 1.46. The van der Waals surface area contributed by atoms with Crippen molar-refractivity contribution in [1.29, 1.82) is 0 Å². The third-order valence-electron chi connectivity index (χ3n) is 5.15. The summed E-state index contributed by atoms with van der Waals surface area (Å²) < 4.78 is 38.0. The lowest BCUT2D eigenvalue weighted by atomic mass is 10.2. The van der Waals surface area contributed by atoms with Crippen LogP contribution in [0.2, 0.25) is 0 Å². The van der Waals surface area contributed by atoms with Crippen LogP contribution in [0.4, 0.5) is 11.5 Å². The quantitative estimate of drug-likeness (QED) is 0.425. The van der Waals surface area contributed by atoms with E-state index < -0.39 is 31.2 Å². The predicted octanol–water partition coefficient (Wildman–Crippen LogP) is 2.28. The molecule has 32 heavy (non-hydrogen) atoms. The van der Waals surface area contributed by atoms with E-state index in [0.717, 1.165) is 18.7 Å². The van der Waals surface area contributed by atoms with Crippen molar-refractivity contribution < 1.29 is 26.8 Å². The maximum atomic E-state index is 12.7. The Morgan fingerprint density at radius 3 is 3.25 bits per heavy atom. The maximum absolute atomic E-state index is 12.7. The zero-order valence-corrected chi connectivity index (χ0v) is 17.7. The van der Waals surface area contributed by atoms with E-state index in [-0.39, 0.29) is 18.8 Å². The number of aliphatic hydroxyl groups is 1. The lowest BCUT2D eigenvalue weighted by Gasteiger charge is -2.24. The summed E-state index contributed by atoms with van der Waals surface area (Å²) in [6, 6.07) is 5.39. The first kappa shape index (κ1) is 19.6. The molecular weight excluding hydrogens is 416 g/mol. The molecule has 4 rings (SSSR count). The number of rotatable bonds is 9. The Morgan fingerprint density at radius 1 is 1.56 bits per heavy atom. The Labute approximate surface area is 188 Å². The number of aromatic nitrogens is 2. The van der Waals surface area contributed by atoms with Crippen molar-refractivity contribution in [2.75, 3.05) is 32.1 Å². The molecule has 10 nitrogen and oxygen atoms in total. The van der Waals surface area contributed by atoms with E-state index in [0.29, 0.717) is 29.5 Å². The second-order valence-corrected chi connectivity index (χ2v) is 7.67. The average molecular weight is 448 g/mol. The smallest absolute Gasteiger partial charge is 0.351 e. The monoisotopic (exact) mass is 447 g/mol. The van der Waals surface area contributed by atoms with Crippen molar-refractivity contribution >= 4 is 11.5 Å². The molecule has 1 unspecified atom stereocenters. The fourth-order valence-electron chi connectivity index (χ4n) is 3.58. The highest BCUT2D eigenvalue weighted by atomic mass is 16.6. The van der Waals surface area contributed by atoms with E-state index in [2.05, 4.69) is 22.2 Å². The molecule has 1 saturated heterocycles. The number of allylic oxidation sites excluding steroid dienone is 1. The fourth-order valence-corrected chi connectivity index (χ4v) is 3.58. The first-order valence-electron chi connectivity index (χ1n) is 11.5. The molecule has 0 saturated carbocycles. The highest BCUT2D eigenvalue weighted by molar-refractivity contribution is 5.77. The zero-order chi connectivity index (χ0) is 24.2. The molecule has 1 fully saturated rings. The van der Waals surface area contributed by atoms with Gasteiger partial charge in [0.2, 0.25) is 0 Å². The Hall–Kier alpha value is -3.08. The number of nitrogens with zero attached hydrogens (tertiary/aromatic N) is 2. The molecule has 0 radical (unpaired) electrons. The van der Waals surface area contributed by atoms with E-state index in [1.54, 1.807) is 6.07 Å². The fraction of sp³-hybridized carbons (Fsp3) is 0.455. The molecule has 0 bridgehead atoms. The standard InChI is InChI=1S/C22H28N4O6/c1-13(2)23-8-5-9-30-15-6-4-7-16-20(15)24-21-17(31-16)11-26(22(28)25-21)19-10-14(27)18(32-19)12-29-3/h4,6-7,11,14,18-19,23,27H,1,5,8-10,12H2,2-3H3,(H,24,25,28)/t14-,18-,19-/m1/s1/i3TD/t3?,14-,18-,19-. The van der Waals surface area contributed by atoms with Crippen molar-refractivity contribution in [1.82, 2.24) is 14.9 Å². The van der Waals surface area contributed by atoms with Crippen LogP contribution in [0.5, 0.6) is 17.2 Å². The molecule has 4 atom stereocenters. The molecule has 172 valence electrons. The summed E-state index contributed by atoms with van der Waals surface area (Å²) in [5.74, 6) is 1.67. The van der Waals surface area contributed by atoms with Crippen LogP contribution in [-0.2, 0) is 9.47 Å². The number of ether oxygens (including phenoxy) is 4. The third-order valence-corrected chi connectivity index (χ3v) is 5.15. The lowest BCUT2D eigenvalue weighted by molar-refractivity contribution is -0.0547. The highest BCUT2D eigenvalue weighted by Gasteiger charge is 2.36. The molecular formula is C22H28N4O6. The van der Waals surface area contributed by atoms with Crippen molar-refractivity contribution in [3.05, 3.63) is 47.2 Å². The van der Waals surface area contributed by atoms with Crippen LogP contribution < -0.4 is 25.8 Å². The molecule has 2 aromatic rings. The number of hydrogen-bond acceptors (Lipinski definition) is 9. The molecule has 3 heterocycles. The summed E-state index contributed by atoms with van der Waals surface area (Å²) in [4.78, 5) is 16.8. The predicted molar refractivity (Wildman–Crippen MR) is 118 cm³/mol. The number of benzene rings is 1. The van der Waals surface area contributed by atoms with Gasteiger partial charge in [0, 0.05) is 25.7 Å². The van der Waals surface area contributed by atoms with Crippen LogP contribution in [0, 0.1) is 0 Å². The minimum Gasteiger partial charge on any atom is -0.491 e. The van der Waals surface area contributed by atoms with Gasteiger partial charge in [-0.1, -0.05) is 12.6 Å². The molecule has 0 amide bonds. The first-order chi connectivity index (χ1) is 16.3. The normalized spacial score (nSPS) is 23.0. The van der Waals surface area contributed by atoms with Gasteiger partial charge >= 0.3 is 5.69 Å². The largest absolute Gasteiger partial charge is 0.491 e. The van der Waals surface area contributed by atoms with Gasteiger partial charge in [0.05, 0.1) is 28.3 Å². The van der Waals surface area contributed by atoms with Gasteiger partial charge in [-0.2, -0.15) is 4.98 Å². The van der Waals surface area contributed by atoms with Gasteiger partial charge in [-0.15, -0.1) is 0 Å². The van der Waals surface area contributed by atoms with E-state index in [9.17, 15) is 9.90 Å². The van der Waals surface area contributed by atoms with Gasteiger partial charge in [-0.25, -0.2) is 4.79 Å². The molecule has 0 aliphatic carbocycles. The summed E-state index contributed by atoms with van der Waals surface area (Å²) in [5.41, 5.74) is 0.897. The van der Waals surface area contributed by atoms with Crippen LogP contribution in [-0.4, -0.2) is 53.7 Å². The zero-order valence-electron chi connectivity index (χ0n) is 19.7. The van der Waals surface area contributed by atoms with Gasteiger partial charge < -0.3 is 34.7 Å². The molecule has 1 aromatic carbocycles. The number of fused-ring (bicyclic) bond motifs is 2. The molecule has 2 aliphatic rings. The summed E-state index contributed by atoms with van der Waals surface area (Å²) in [6.45, 7) is 6.80. The molecule has 1 aromatic heterocycles. The van der Waals surface area contributed by atoms with Crippen molar-refractivity contribution in [3.63, 3.8) is 0 Å². The molecule has 0 spiro atoms. The average Bonchev–Trinajstić information content (AvgIpc) is 3.16. The number of methoxy groups -OCH3 is 1. The van der Waals surface area contributed by atoms with E-state index in [1.165, 1.54) is 10.8 Å². The molecule has 3 N–H and O–H groups in total. The lowest BCUT2D eigenvalue weighted by Crippen LogP contribution is -2.29. The third kappa shape index (κ3) is 4.72. The van der Waals surface area contributed by atoms with Crippen LogP contribution in [0.25, 0.3) is 0 Å². The Kier molecular flexibility index (Phi) is 5.88. The number of para-hydroxylation sites is 1. The second kappa shape index (κ2) is 9.60. The van der Waals surface area contributed by atoms with Crippen LogP contribution in [0.3, 0.4) is 0 Å². The first-order valence-corrected chi connectivity index (χ1v) is 10.3. The number of hydrogen-bond donors (Lipinski definition) is 3. The van der Waals surface area contributed by atoms with Crippen LogP contribution in [0.15, 0.2) is 41.5 Å². The minimum atomic E-state index is -1.48.